The summed E-state index contributed by atoms with van der Waals surface area (Å²) >= 11 is 0. The second-order valence-corrected chi connectivity index (χ2v) is 10.0. The molecule has 0 saturated heterocycles. The zero-order valence-corrected chi connectivity index (χ0v) is 24.5. The van der Waals surface area contributed by atoms with Crippen molar-refractivity contribution in [3.63, 3.8) is 0 Å². The van der Waals surface area contributed by atoms with E-state index >= 15 is 0 Å². The largest absolute Gasteiger partial charge is 0.480 e. The Morgan fingerprint density at radius 2 is 1.14 bits per heavy atom. The first-order valence-corrected chi connectivity index (χ1v) is 14.1. The molecule has 0 aliphatic carbocycles. The van der Waals surface area contributed by atoms with Gasteiger partial charge in [-0.3, -0.25) is 24.2 Å². The molecule has 0 aliphatic heterocycles. The lowest BCUT2D eigenvalue weighted by atomic mass is 10.1. The first-order valence-electron chi connectivity index (χ1n) is 14.1. The van der Waals surface area contributed by atoms with Gasteiger partial charge in [-0.05, 0) is 78.3 Å². The fourth-order valence-electron chi connectivity index (χ4n) is 3.72. The van der Waals surface area contributed by atoms with Crippen molar-refractivity contribution in [1.82, 2.24) is 21.3 Å². The molecule has 0 unspecified atom stereocenters. The SMILES string of the molecule is C[C@H](NC(=O)[C@H](CCCCN)NC(=O)[C@@H](N)[C@@H](C)O)C(=O)N[C@@H](CCCCN)C(=O)N[C@@H](CCCN=C(N)N)C(=O)O. The number of nitrogens with one attached hydrogen (secondary N) is 4. The molecule has 0 aromatic carbocycles. The number of amides is 4. The van der Waals surface area contributed by atoms with Crippen molar-refractivity contribution in [2.24, 2.45) is 33.7 Å². The molecular weight excluding hydrogens is 552 g/mol. The molecule has 0 heterocycles. The average molecular weight is 603 g/mol. The van der Waals surface area contributed by atoms with Crippen LogP contribution in [0.3, 0.4) is 0 Å². The topological polar surface area (TPSA) is 316 Å². The molecule has 0 spiro atoms. The van der Waals surface area contributed by atoms with E-state index < -0.39 is 65.9 Å². The van der Waals surface area contributed by atoms with Gasteiger partial charge in [0, 0.05) is 6.54 Å². The number of guanidine groups is 1. The van der Waals surface area contributed by atoms with E-state index in [0.717, 1.165) is 0 Å². The Hall–Kier alpha value is -3.54. The Kier molecular flexibility index (Phi) is 19.4. The van der Waals surface area contributed by atoms with Crippen LogP contribution in [0.2, 0.25) is 0 Å². The highest BCUT2D eigenvalue weighted by Crippen LogP contribution is 2.06. The number of nitrogens with zero attached hydrogens (tertiary/aromatic N) is 1. The van der Waals surface area contributed by atoms with Gasteiger partial charge >= 0.3 is 5.97 Å². The van der Waals surface area contributed by atoms with E-state index in [9.17, 15) is 34.2 Å². The summed E-state index contributed by atoms with van der Waals surface area (Å²) in [6, 6.07) is -5.79. The summed E-state index contributed by atoms with van der Waals surface area (Å²) in [6.45, 7) is 3.64. The first-order chi connectivity index (χ1) is 19.7. The Morgan fingerprint density at radius 1 is 0.690 bits per heavy atom. The van der Waals surface area contributed by atoms with Crippen LogP contribution in [-0.4, -0.2) is 102 Å². The summed E-state index contributed by atoms with van der Waals surface area (Å²) < 4.78 is 0. The third-order valence-corrected chi connectivity index (χ3v) is 6.29. The summed E-state index contributed by atoms with van der Waals surface area (Å²) in [5.41, 5.74) is 27.3. The highest BCUT2D eigenvalue weighted by molar-refractivity contribution is 5.95. The van der Waals surface area contributed by atoms with Gasteiger partial charge in [0.15, 0.2) is 5.96 Å². The monoisotopic (exact) mass is 602 g/mol. The minimum Gasteiger partial charge on any atom is -0.480 e. The number of carboxylic acids is 1. The molecular formula is C25H50N10O7. The summed E-state index contributed by atoms with van der Waals surface area (Å²) in [6.07, 6.45) is 1.68. The van der Waals surface area contributed by atoms with Crippen LogP contribution in [0.25, 0.3) is 0 Å². The van der Waals surface area contributed by atoms with Crippen LogP contribution in [0.5, 0.6) is 0 Å². The predicted octanol–water partition coefficient (Wildman–Crippen LogP) is -3.95. The minimum atomic E-state index is -1.27. The van der Waals surface area contributed by atoms with Gasteiger partial charge in [-0.25, -0.2) is 4.79 Å². The molecule has 42 heavy (non-hydrogen) atoms. The summed E-state index contributed by atoms with van der Waals surface area (Å²) in [4.78, 5) is 66.8. The van der Waals surface area contributed by atoms with E-state index in [1.807, 2.05) is 0 Å². The summed E-state index contributed by atoms with van der Waals surface area (Å²) in [5, 5.41) is 29.1. The maximum Gasteiger partial charge on any atom is 0.326 e. The number of nitrogens with two attached hydrogens (primary N) is 5. The fourth-order valence-corrected chi connectivity index (χ4v) is 3.72. The van der Waals surface area contributed by atoms with E-state index in [1.165, 1.54) is 13.8 Å². The van der Waals surface area contributed by atoms with E-state index in [0.29, 0.717) is 38.8 Å². The second-order valence-electron chi connectivity index (χ2n) is 10.0. The van der Waals surface area contributed by atoms with Gasteiger partial charge in [0.05, 0.1) is 6.10 Å². The minimum absolute atomic E-state index is 0.0454. The van der Waals surface area contributed by atoms with Gasteiger partial charge in [0.1, 0.15) is 30.2 Å². The van der Waals surface area contributed by atoms with Crippen molar-refractivity contribution in [2.75, 3.05) is 19.6 Å². The molecule has 0 aromatic heterocycles. The molecule has 17 heteroatoms. The van der Waals surface area contributed by atoms with Crippen LogP contribution in [0, 0.1) is 0 Å². The van der Waals surface area contributed by atoms with Gasteiger partial charge in [-0.1, -0.05) is 0 Å². The number of hydrogen-bond donors (Lipinski definition) is 11. The molecule has 0 aromatic rings. The van der Waals surface area contributed by atoms with Gasteiger partial charge < -0.3 is 60.1 Å². The lowest BCUT2D eigenvalue weighted by molar-refractivity contribution is -0.142. The van der Waals surface area contributed by atoms with Crippen LogP contribution in [0.1, 0.15) is 65.2 Å². The van der Waals surface area contributed by atoms with Crippen molar-refractivity contribution >= 4 is 35.6 Å². The van der Waals surface area contributed by atoms with Crippen molar-refractivity contribution in [3.05, 3.63) is 0 Å². The number of hydrogen-bond acceptors (Lipinski definition) is 10. The molecule has 4 amide bonds. The Morgan fingerprint density at radius 3 is 1.60 bits per heavy atom. The Balaban J connectivity index is 5.46. The van der Waals surface area contributed by atoms with Crippen LogP contribution in [-0.2, 0) is 24.0 Å². The number of aliphatic hydroxyl groups is 1. The molecule has 242 valence electrons. The number of aliphatic imine (C=N–C) groups is 1. The molecule has 0 saturated carbocycles. The number of carboxylic acid groups (broad SMARTS) is 1. The third kappa shape index (κ3) is 16.0. The Bertz CT molecular complexity index is 899. The molecule has 17 nitrogen and oxygen atoms in total. The normalized spacial score (nSPS) is 15.2. The standard InChI is InChI=1S/C25H50N10O7/c1-14(32-21(38)16(8-3-5-11-26)34-23(40)19(28)15(2)36)20(37)33-17(9-4-6-12-27)22(39)35-18(24(41)42)10-7-13-31-25(29)30/h14-19,36H,3-13,26-28H2,1-2H3,(H,32,38)(H,33,37)(H,34,40)(H,35,39)(H,41,42)(H4,29,30,31)/t14-,15+,16-,17-,18-,19-/m0/s1. The van der Waals surface area contributed by atoms with Crippen LogP contribution in [0.4, 0.5) is 0 Å². The Labute approximate surface area is 246 Å². The zero-order chi connectivity index (χ0) is 32.2. The molecule has 0 radical (unpaired) electrons. The van der Waals surface area contributed by atoms with Crippen molar-refractivity contribution < 1.29 is 34.2 Å². The number of aliphatic hydroxyl groups excluding tert-OH is 1. The smallest absolute Gasteiger partial charge is 0.326 e. The van der Waals surface area contributed by atoms with E-state index in [1.54, 1.807) is 0 Å². The lowest BCUT2D eigenvalue weighted by Gasteiger charge is -2.25. The maximum atomic E-state index is 13.0. The zero-order valence-electron chi connectivity index (χ0n) is 24.5. The first kappa shape index (κ1) is 38.5. The molecule has 0 bridgehead atoms. The number of aliphatic carboxylic acids is 1. The second kappa shape index (κ2) is 21.2. The van der Waals surface area contributed by atoms with Crippen molar-refractivity contribution in [2.45, 2.75) is 102 Å². The quantitative estimate of drug-likeness (QED) is 0.0321. The predicted molar refractivity (Wildman–Crippen MR) is 156 cm³/mol. The lowest BCUT2D eigenvalue weighted by Crippen LogP contribution is -2.58. The molecule has 16 N–H and O–H groups in total. The number of carbonyl (C=O) groups is 5. The van der Waals surface area contributed by atoms with E-state index in [2.05, 4.69) is 26.3 Å². The number of unbranched alkanes of at least 4 members (excludes halogenated alkanes) is 2. The number of carbonyl (C=O) groups excluding carboxylic acids is 4. The molecule has 0 fully saturated rings. The third-order valence-electron chi connectivity index (χ3n) is 6.29. The highest BCUT2D eigenvalue weighted by Gasteiger charge is 2.30. The number of rotatable bonds is 22. The average Bonchev–Trinajstić information content (AvgIpc) is 2.92. The van der Waals surface area contributed by atoms with E-state index in [-0.39, 0.29) is 38.2 Å². The van der Waals surface area contributed by atoms with Crippen LogP contribution in [0.15, 0.2) is 4.99 Å². The van der Waals surface area contributed by atoms with Crippen LogP contribution >= 0.6 is 0 Å². The summed E-state index contributed by atoms with van der Waals surface area (Å²) in [7, 11) is 0. The van der Waals surface area contributed by atoms with Gasteiger partial charge in [0.25, 0.3) is 0 Å². The van der Waals surface area contributed by atoms with Crippen molar-refractivity contribution in [3.8, 4) is 0 Å². The van der Waals surface area contributed by atoms with Crippen LogP contribution < -0.4 is 49.9 Å². The van der Waals surface area contributed by atoms with Crippen molar-refractivity contribution in [1.29, 1.82) is 0 Å². The van der Waals surface area contributed by atoms with E-state index in [4.69, 9.17) is 28.7 Å². The van der Waals surface area contributed by atoms with Gasteiger partial charge in [-0.2, -0.15) is 0 Å². The maximum absolute atomic E-state index is 13.0. The van der Waals surface area contributed by atoms with Gasteiger partial charge in [0.2, 0.25) is 23.6 Å². The molecule has 6 atom stereocenters. The molecule has 0 aliphatic rings. The fraction of sp³-hybridized carbons (Fsp3) is 0.760. The summed E-state index contributed by atoms with van der Waals surface area (Å²) in [5.74, 6) is -4.23. The highest BCUT2D eigenvalue weighted by atomic mass is 16.4. The van der Waals surface area contributed by atoms with Gasteiger partial charge in [-0.15, -0.1) is 0 Å². The molecule has 0 rings (SSSR count).